The zero-order chi connectivity index (χ0) is 22.2. The summed E-state index contributed by atoms with van der Waals surface area (Å²) < 4.78 is 0. The molecule has 2 unspecified atom stereocenters. The number of aryl methyl sites for hydroxylation is 2. The fourth-order valence-electron chi connectivity index (χ4n) is 7.13. The van der Waals surface area contributed by atoms with Gasteiger partial charge in [0.25, 0.3) is 0 Å². The minimum Gasteiger partial charge on any atom is -0.508 e. The molecule has 0 spiro atoms. The van der Waals surface area contributed by atoms with Crippen LogP contribution in [0.2, 0.25) is 0 Å². The van der Waals surface area contributed by atoms with Crippen molar-refractivity contribution in [3.05, 3.63) is 58.7 Å². The smallest absolute Gasteiger partial charge is 0.118 e. The van der Waals surface area contributed by atoms with E-state index in [0.717, 1.165) is 11.1 Å². The Hall–Kier alpha value is -1.96. The van der Waals surface area contributed by atoms with Crippen molar-refractivity contribution in [2.45, 2.75) is 96.8 Å². The van der Waals surface area contributed by atoms with Gasteiger partial charge in [0.05, 0.1) is 0 Å². The molecule has 2 heteroatoms. The lowest BCUT2D eigenvalue weighted by Gasteiger charge is -2.58. The summed E-state index contributed by atoms with van der Waals surface area (Å²) in [5.74, 6) is 1.91. The molecule has 2 aromatic carbocycles. The number of phenols is 2. The highest BCUT2D eigenvalue weighted by molar-refractivity contribution is 5.45. The van der Waals surface area contributed by atoms with E-state index < -0.39 is 0 Å². The highest BCUT2D eigenvalue weighted by Gasteiger charge is 2.55. The van der Waals surface area contributed by atoms with Crippen LogP contribution in [0.1, 0.15) is 99.8 Å². The van der Waals surface area contributed by atoms with Crippen LogP contribution < -0.4 is 0 Å². The third-order valence-electron chi connectivity index (χ3n) is 9.02. The maximum absolute atomic E-state index is 10.3. The average Bonchev–Trinajstić information content (AvgIpc) is 2.78. The molecule has 0 aromatic heterocycles. The first kappa shape index (κ1) is 22.2. The van der Waals surface area contributed by atoms with Crippen LogP contribution in [0, 0.1) is 25.2 Å². The van der Waals surface area contributed by atoms with Crippen LogP contribution in [-0.4, -0.2) is 10.2 Å². The first-order valence-electron chi connectivity index (χ1n) is 12.4. The highest BCUT2D eigenvalue weighted by atomic mass is 16.3. The molecular formula is C29H40O2. The second-order valence-corrected chi connectivity index (χ2v) is 10.9. The molecule has 31 heavy (non-hydrogen) atoms. The molecule has 2 aliphatic carbocycles. The maximum atomic E-state index is 10.3. The summed E-state index contributed by atoms with van der Waals surface area (Å²) in [6, 6.07) is 12.7. The van der Waals surface area contributed by atoms with E-state index in [-0.39, 0.29) is 10.8 Å². The van der Waals surface area contributed by atoms with Crippen LogP contribution in [-0.2, 0) is 5.41 Å². The first-order valence-corrected chi connectivity index (χ1v) is 12.4. The molecule has 168 valence electrons. The Kier molecular flexibility index (Phi) is 6.12. The second-order valence-electron chi connectivity index (χ2n) is 10.9. The molecule has 2 N–H and O–H groups in total. The summed E-state index contributed by atoms with van der Waals surface area (Å²) >= 11 is 0. The molecule has 2 saturated carbocycles. The third kappa shape index (κ3) is 3.77. The van der Waals surface area contributed by atoms with Gasteiger partial charge in [-0.25, -0.2) is 0 Å². The quantitative estimate of drug-likeness (QED) is 0.527. The van der Waals surface area contributed by atoms with Gasteiger partial charge in [-0.1, -0.05) is 70.2 Å². The van der Waals surface area contributed by atoms with Crippen LogP contribution in [0.5, 0.6) is 11.5 Å². The van der Waals surface area contributed by atoms with Gasteiger partial charge in [0, 0.05) is 5.41 Å². The van der Waals surface area contributed by atoms with E-state index >= 15 is 0 Å². The van der Waals surface area contributed by atoms with Gasteiger partial charge in [-0.05, 0) is 91.2 Å². The van der Waals surface area contributed by atoms with E-state index in [1.165, 1.54) is 68.9 Å². The largest absolute Gasteiger partial charge is 0.508 e. The Morgan fingerprint density at radius 1 is 0.774 bits per heavy atom. The molecule has 0 heterocycles. The minimum atomic E-state index is 0.0229. The maximum Gasteiger partial charge on any atom is 0.118 e. The molecule has 0 aliphatic heterocycles. The van der Waals surface area contributed by atoms with Crippen LogP contribution in [0.15, 0.2) is 36.4 Å². The van der Waals surface area contributed by atoms with E-state index in [9.17, 15) is 10.2 Å². The summed E-state index contributed by atoms with van der Waals surface area (Å²) in [7, 11) is 0. The van der Waals surface area contributed by atoms with Gasteiger partial charge >= 0.3 is 0 Å². The number of benzene rings is 2. The summed E-state index contributed by atoms with van der Waals surface area (Å²) in [5, 5.41) is 20.5. The average molecular weight is 421 g/mol. The summed E-state index contributed by atoms with van der Waals surface area (Å²) in [6.45, 7) is 9.12. The number of rotatable bonds is 4. The van der Waals surface area contributed by atoms with Crippen molar-refractivity contribution in [1.82, 2.24) is 0 Å². The van der Waals surface area contributed by atoms with Gasteiger partial charge in [0.1, 0.15) is 11.5 Å². The van der Waals surface area contributed by atoms with Gasteiger partial charge in [-0.2, -0.15) is 0 Å². The molecule has 2 atom stereocenters. The normalized spacial score (nSPS) is 25.5. The van der Waals surface area contributed by atoms with E-state index in [0.29, 0.717) is 23.3 Å². The number of phenolic OH excluding ortho intramolecular Hbond substituents is 2. The lowest BCUT2D eigenvalue weighted by molar-refractivity contribution is 0.00923. The molecule has 4 rings (SSSR count). The predicted molar refractivity (Wildman–Crippen MR) is 129 cm³/mol. The Bertz CT molecular complexity index is 922. The lowest BCUT2D eigenvalue weighted by atomic mass is 9.45. The zero-order valence-corrected chi connectivity index (χ0v) is 19.9. The van der Waals surface area contributed by atoms with E-state index in [4.69, 9.17) is 0 Å². The van der Waals surface area contributed by atoms with Gasteiger partial charge in [0.2, 0.25) is 0 Å². The molecule has 2 aromatic rings. The van der Waals surface area contributed by atoms with Crippen LogP contribution in [0.25, 0.3) is 0 Å². The van der Waals surface area contributed by atoms with E-state index in [1.807, 2.05) is 26.0 Å². The van der Waals surface area contributed by atoms with Crippen LogP contribution in [0.4, 0.5) is 0 Å². The molecule has 2 fully saturated rings. The monoisotopic (exact) mass is 420 g/mol. The van der Waals surface area contributed by atoms with Crippen LogP contribution >= 0.6 is 0 Å². The SMILES string of the molecule is Cc1cc(C2CCCCC2(c2ccc(O)c(C)c2)C(C)(C)C2CCCCC2)ccc1O. The molecule has 2 aliphatic rings. The third-order valence-corrected chi connectivity index (χ3v) is 9.02. The van der Waals surface area contributed by atoms with Crippen molar-refractivity contribution in [2.24, 2.45) is 11.3 Å². The number of hydrogen-bond donors (Lipinski definition) is 2. The van der Waals surface area contributed by atoms with Crippen molar-refractivity contribution in [3.63, 3.8) is 0 Å². The first-order chi connectivity index (χ1) is 14.8. The van der Waals surface area contributed by atoms with Crippen molar-refractivity contribution >= 4 is 0 Å². The fraction of sp³-hybridized carbons (Fsp3) is 0.586. The van der Waals surface area contributed by atoms with Crippen LogP contribution in [0.3, 0.4) is 0 Å². The topological polar surface area (TPSA) is 40.5 Å². The molecule has 2 nitrogen and oxygen atoms in total. The minimum absolute atomic E-state index is 0.0229. The molecule has 0 radical (unpaired) electrons. The van der Waals surface area contributed by atoms with Gasteiger partial charge in [-0.15, -0.1) is 0 Å². The summed E-state index contributed by atoms with van der Waals surface area (Å²) in [5.41, 5.74) is 4.87. The second kappa shape index (κ2) is 8.52. The van der Waals surface area contributed by atoms with Crippen molar-refractivity contribution in [3.8, 4) is 11.5 Å². The van der Waals surface area contributed by atoms with Gasteiger partial charge in [-0.3, -0.25) is 0 Å². The molecule has 0 saturated heterocycles. The number of hydrogen-bond acceptors (Lipinski definition) is 2. The van der Waals surface area contributed by atoms with E-state index in [1.54, 1.807) is 0 Å². The standard InChI is InChI=1S/C29H40O2/c1-20-18-22(13-15-26(20)30)25-12-8-9-17-29(25,24-14-16-27(31)21(2)19-24)28(3,4)23-10-6-5-7-11-23/h13-16,18-19,23,25,30-31H,5-12,17H2,1-4H3. The van der Waals surface area contributed by atoms with Crippen molar-refractivity contribution in [2.75, 3.05) is 0 Å². The molecule has 0 amide bonds. The predicted octanol–water partition coefficient (Wildman–Crippen LogP) is 7.92. The van der Waals surface area contributed by atoms with Crippen molar-refractivity contribution < 1.29 is 10.2 Å². The highest BCUT2D eigenvalue weighted by Crippen LogP contribution is 2.63. The Balaban J connectivity index is 1.92. The Morgan fingerprint density at radius 2 is 1.39 bits per heavy atom. The Morgan fingerprint density at radius 3 is 2.03 bits per heavy atom. The summed E-state index contributed by atoms with van der Waals surface area (Å²) in [6.07, 6.45) is 11.6. The van der Waals surface area contributed by atoms with Gasteiger partial charge in [0.15, 0.2) is 0 Å². The van der Waals surface area contributed by atoms with Crippen molar-refractivity contribution in [1.29, 1.82) is 0 Å². The Labute approximate surface area is 188 Å². The molecule has 0 bridgehead atoms. The van der Waals surface area contributed by atoms with Gasteiger partial charge < -0.3 is 10.2 Å². The number of aromatic hydroxyl groups is 2. The lowest BCUT2D eigenvalue weighted by Crippen LogP contribution is -2.52. The molecular weight excluding hydrogens is 380 g/mol. The fourth-order valence-corrected chi connectivity index (χ4v) is 7.13. The zero-order valence-electron chi connectivity index (χ0n) is 19.9. The van der Waals surface area contributed by atoms with E-state index in [2.05, 4.69) is 38.1 Å². The summed E-state index contributed by atoms with van der Waals surface area (Å²) in [4.78, 5) is 0.